The number of carboxylic acids is 1. The Morgan fingerprint density at radius 2 is 2.10 bits per heavy atom. The summed E-state index contributed by atoms with van der Waals surface area (Å²) in [6.07, 6.45) is 2.15. The van der Waals surface area contributed by atoms with Gasteiger partial charge >= 0.3 is 5.97 Å². The molecule has 0 saturated carbocycles. The molecule has 2 rings (SSSR count). The molecule has 6 heteroatoms. The molecule has 0 aromatic carbocycles. The highest BCUT2D eigenvalue weighted by Crippen LogP contribution is 2.08. The maximum absolute atomic E-state index is 11.8. The predicted molar refractivity (Wildman–Crippen MR) is 70.5 cm³/mol. The Kier molecular flexibility index (Phi) is 4.14. The molecular weight excluding hydrogens is 260 g/mol. The first-order valence-electron chi connectivity index (χ1n) is 6.15. The van der Waals surface area contributed by atoms with Gasteiger partial charge < -0.3 is 14.8 Å². The van der Waals surface area contributed by atoms with Gasteiger partial charge in [0.15, 0.2) is 5.76 Å². The summed E-state index contributed by atoms with van der Waals surface area (Å²) in [5, 5.41) is 11.4. The van der Waals surface area contributed by atoms with Crippen LogP contribution in [0.25, 0.3) is 0 Å². The second kappa shape index (κ2) is 6.01. The highest BCUT2D eigenvalue weighted by atomic mass is 16.4. The van der Waals surface area contributed by atoms with E-state index in [2.05, 4.69) is 10.3 Å². The van der Waals surface area contributed by atoms with Crippen molar-refractivity contribution in [1.29, 1.82) is 0 Å². The molecule has 0 aliphatic rings. The molecule has 0 saturated heterocycles. The summed E-state index contributed by atoms with van der Waals surface area (Å²) < 4.78 is 5.33. The van der Waals surface area contributed by atoms with Crippen LogP contribution >= 0.6 is 0 Å². The van der Waals surface area contributed by atoms with Gasteiger partial charge in [-0.25, -0.2) is 9.78 Å². The Hall–Kier alpha value is -2.63. The zero-order valence-corrected chi connectivity index (χ0v) is 10.9. The van der Waals surface area contributed by atoms with Crippen molar-refractivity contribution in [3.63, 3.8) is 0 Å². The van der Waals surface area contributed by atoms with Crippen molar-refractivity contribution < 1.29 is 19.1 Å². The van der Waals surface area contributed by atoms with Crippen molar-refractivity contribution in [3.8, 4) is 0 Å². The number of pyridine rings is 1. The average molecular weight is 274 g/mol. The van der Waals surface area contributed by atoms with Gasteiger partial charge in [0.05, 0.1) is 0 Å². The molecule has 104 valence electrons. The molecule has 0 radical (unpaired) electrons. The monoisotopic (exact) mass is 274 g/mol. The molecule has 1 amide bonds. The molecule has 0 aliphatic carbocycles. The van der Waals surface area contributed by atoms with Crippen molar-refractivity contribution in [1.82, 2.24) is 10.3 Å². The minimum absolute atomic E-state index is 0.0290. The quantitative estimate of drug-likeness (QED) is 0.868. The van der Waals surface area contributed by atoms with E-state index < -0.39 is 5.97 Å². The zero-order chi connectivity index (χ0) is 14.5. The van der Waals surface area contributed by atoms with E-state index in [1.807, 2.05) is 6.92 Å². The number of aryl methyl sites for hydroxylation is 1. The zero-order valence-electron chi connectivity index (χ0n) is 10.9. The fraction of sp³-hybridized carbons (Fsp3) is 0.214. The van der Waals surface area contributed by atoms with Crippen LogP contribution in [0.4, 0.5) is 0 Å². The van der Waals surface area contributed by atoms with Crippen molar-refractivity contribution in [2.45, 2.75) is 19.9 Å². The Morgan fingerprint density at radius 3 is 2.65 bits per heavy atom. The van der Waals surface area contributed by atoms with Crippen molar-refractivity contribution in [2.75, 3.05) is 0 Å². The highest BCUT2D eigenvalue weighted by molar-refractivity contribution is 5.91. The molecule has 2 heterocycles. The topological polar surface area (TPSA) is 92.4 Å². The third-order valence-corrected chi connectivity index (χ3v) is 2.73. The van der Waals surface area contributed by atoms with E-state index in [9.17, 15) is 9.59 Å². The number of hydrogen-bond acceptors (Lipinski definition) is 4. The molecule has 0 fully saturated rings. The van der Waals surface area contributed by atoms with Crippen LogP contribution in [0.5, 0.6) is 0 Å². The van der Waals surface area contributed by atoms with Gasteiger partial charge in [0.1, 0.15) is 11.5 Å². The van der Waals surface area contributed by atoms with E-state index in [-0.39, 0.29) is 23.9 Å². The van der Waals surface area contributed by atoms with Gasteiger partial charge in [0.2, 0.25) is 0 Å². The number of aromatic nitrogens is 1. The summed E-state index contributed by atoms with van der Waals surface area (Å²) in [5.41, 5.74) is 0.685. The molecule has 0 unspecified atom stereocenters. The number of nitrogens with one attached hydrogen (secondary N) is 1. The van der Waals surface area contributed by atoms with Crippen LogP contribution < -0.4 is 5.32 Å². The lowest BCUT2D eigenvalue weighted by molar-refractivity contribution is 0.0690. The fourth-order valence-corrected chi connectivity index (χ4v) is 1.61. The maximum atomic E-state index is 11.8. The molecule has 2 aromatic rings. The Labute approximate surface area is 115 Å². The Bertz CT molecular complexity index is 616. The molecular formula is C14H14N2O4. The maximum Gasteiger partial charge on any atom is 0.354 e. The minimum atomic E-state index is -1.08. The van der Waals surface area contributed by atoms with Crippen LogP contribution in [0.2, 0.25) is 0 Å². The van der Waals surface area contributed by atoms with Gasteiger partial charge in [-0.15, -0.1) is 0 Å². The first-order chi connectivity index (χ1) is 9.60. The molecule has 6 nitrogen and oxygen atoms in total. The second-order valence-electron chi connectivity index (χ2n) is 4.16. The first-order valence-corrected chi connectivity index (χ1v) is 6.15. The Balaban J connectivity index is 1.94. The fourth-order valence-electron chi connectivity index (χ4n) is 1.61. The standard InChI is InChI=1S/C14H14N2O4/c1-2-10-4-6-12(20-10)13(17)16-8-9-3-5-11(14(18)19)15-7-9/h3-7H,2,8H2,1H3,(H,16,17)(H,18,19). The summed E-state index contributed by atoms with van der Waals surface area (Å²) in [6.45, 7) is 2.20. The van der Waals surface area contributed by atoms with Crippen molar-refractivity contribution in [2.24, 2.45) is 0 Å². The van der Waals surface area contributed by atoms with E-state index in [1.165, 1.54) is 12.3 Å². The van der Waals surface area contributed by atoms with Crippen molar-refractivity contribution in [3.05, 3.63) is 53.2 Å². The Morgan fingerprint density at radius 1 is 1.30 bits per heavy atom. The van der Waals surface area contributed by atoms with E-state index >= 15 is 0 Å². The van der Waals surface area contributed by atoms with Gasteiger partial charge in [-0.3, -0.25) is 4.79 Å². The van der Waals surface area contributed by atoms with E-state index in [4.69, 9.17) is 9.52 Å². The molecule has 0 spiro atoms. The lowest BCUT2D eigenvalue weighted by atomic mass is 10.2. The first kappa shape index (κ1) is 13.8. The van der Waals surface area contributed by atoms with Crippen molar-refractivity contribution >= 4 is 11.9 Å². The van der Waals surface area contributed by atoms with E-state index in [1.54, 1.807) is 18.2 Å². The van der Waals surface area contributed by atoms with Crippen LogP contribution in [-0.4, -0.2) is 22.0 Å². The van der Waals surface area contributed by atoms with Gasteiger partial charge in [0.25, 0.3) is 5.91 Å². The second-order valence-corrected chi connectivity index (χ2v) is 4.16. The van der Waals surface area contributed by atoms with Gasteiger partial charge in [-0.1, -0.05) is 13.0 Å². The summed E-state index contributed by atoms with van der Waals surface area (Å²) >= 11 is 0. The molecule has 0 bridgehead atoms. The molecule has 2 N–H and O–H groups in total. The molecule has 2 aromatic heterocycles. The normalized spacial score (nSPS) is 10.2. The summed E-state index contributed by atoms with van der Waals surface area (Å²) in [5.74, 6) is -0.380. The van der Waals surface area contributed by atoms with Crippen LogP contribution in [-0.2, 0) is 13.0 Å². The van der Waals surface area contributed by atoms with E-state index in [0.29, 0.717) is 5.56 Å². The number of carbonyl (C=O) groups is 2. The number of carboxylic acid groups (broad SMARTS) is 1. The largest absolute Gasteiger partial charge is 0.477 e. The summed E-state index contributed by atoms with van der Waals surface area (Å²) in [7, 11) is 0. The lowest BCUT2D eigenvalue weighted by Crippen LogP contribution is -2.22. The number of carbonyl (C=O) groups excluding carboxylic acids is 1. The molecule has 20 heavy (non-hydrogen) atoms. The number of aromatic carboxylic acids is 1. The predicted octanol–water partition coefficient (Wildman–Crippen LogP) is 1.87. The smallest absolute Gasteiger partial charge is 0.354 e. The van der Waals surface area contributed by atoms with Crippen LogP contribution in [0.1, 0.15) is 39.3 Å². The van der Waals surface area contributed by atoms with Gasteiger partial charge in [-0.05, 0) is 23.8 Å². The molecule has 0 aliphatic heterocycles. The highest BCUT2D eigenvalue weighted by Gasteiger charge is 2.10. The minimum Gasteiger partial charge on any atom is -0.477 e. The van der Waals surface area contributed by atoms with Crippen LogP contribution in [0.3, 0.4) is 0 Å². The summed E-state index contributed by atoms with van der Waals surface area (Å²) in [6, 6.07) is 6.39. The SMILES string of the molecule is CCc1ccc(C(=O)NCc2ccc(C(=O)O)nc2)o1. The average Bonchev–Trinajstić information content (AvgIpc) is 2.94. The number of rotatable bonds is 5. The summed E-state index contributed by atoms with van der Waals surface area (Å²) in [4.78, 5) is 26.2. The number of hydrogen-bond donors (Lipinski definition) is 2. The number of nitrogens with zero attached hydrogens (tertiary/aromatic N) is 1. The number of amides is 1. The molecule has 0 atom stereocenters. The third kappa shape index (κ3) is 3.23. The van der Waals surface area contributed by atoms with Crippen LogP contribution in [0, 0.1) is 0 Å². The van der Waals surface area contributed by atoms with Gasteiger partial charge in [-0.2, -0.15) is 0 Å². The van der Waals surface area contributed by atoms with E-state index in [0.717, 1.165) is 12.2 Å². The van der Waals surface area contributed by atoms with Crippen LogP contribution in [0.15, 0.2) is 34.9 Å². The third-order valence-electron chi connectivity index (χ3n) is 2.73. The number of furan rings is 1. The van der Waals surface area contributed by atoms with Gasteiger partial charge in [0, 0.05) is 19.2 Å². The lowest BCUT2D eigenvalue weighted by Gasteiger charge is -2.03.